The highest BCUT2D eigenvalue weighted by Gasteiger charge is 1.97. The van der Waals surface area contributed by atoms with Gasteiger partial charge in [0.1, 0.15) is 11.2 Å². The number of hydrogen-bond donors (Lipinski definition) is 1. The van der Waals surface area contributed by atoms with E-state index in [0.29, 0.717) is 17.6 Å². The van der Waals surface area contributed by atoms with Crippen LogP contribution in [0.25, 0.3) is 11.2 Å². The summed E-state index contributed by atoms with van der Waals surface area (Å²) >= 11 is 0. The molecule has 0 aromatic carbocycles. The van der Waals surface area contributed by atoms with E-state index in [4.69, 9.17) is 0 Å². The van der Waals surface area contributed by atoms with Crippen LogP contribution in [0.5, 0.6) is 0 Å². The van der Waals surface area contributed by atoms with Crippen molar-refractivity contribution in [2.24, 2.45) is 0 Å². The number of nitrogens with one attached hydrogen (secondary N) is 1. The molecule has 2 aromatic heterocycles. The van der Waals surface area contributed by atoms with Gasteiger partial charge in [-0.25, -0.2) is 9.97 Å². The van der Waals surface area contributed by atoms with E-state index in [1.165, 1.54) is 0 Å². The lowest BCUT2D eigenvalue weighted by atomic mass is 10.3. The smallest absolute Gasteiger partial charge is 0.168 e. The van der Waals surface area contributed by atoms with Crippen LogP contribution in [0.2, 0.25) is 0 Å². The van der Waals surface area contributed by atoms with Gasteiger partial charge in [-0.15, -0.1) is 0 Å². The van der Waals surface area contributed by atoms with E-state index in [1.807, 2.05) is 0 Å². The summed E-state index contributed by atoms with van der Waals surface area (Å²) < 4.78 is 0. The van der Waals surface area contributed by atoms with Gasteiger partial charge in [0.25, 0.3) is 0 Å². The average Bonchev–Trinajstić information content (AvgIpc) is 2.50. The summed E-state index contributed by atoms with van der Waals surface area (Å²) in [4.78, 5) is 21.0. The number of nitrogens with zero attached hydrogens (tertiary/aromatic N) is 2. The van der Waals surface area contributed by atoms with Gasteiger partial charge in [0.2, 0.25) is 0 Å². The van der Waals surface area contributed by atoms with Crippen molar-refractivity contribution in [1.82, 2.24) is 15.0 Å². The van der Waals surface area contributed by atoms with Gasteiger partial charge in [-0.05, 0) is 12.1 Å². The van der Waals surface area contributed by atoms with Gasteiger partial charge in [-0.2, -0.15) is 0 Å². The third-order valence-electron chi connectivity index (χ3n) is 1.42. The number of aromatic amines is 1. The quantitative estimate of drug-likeness (QED) is 0.606. The lowest BCUT2D eigenvalue weighted by molar-refractivity contribution is 0.111. The first kappa shape index (κ1) is 6.03. The highest BCUT2D eigenvalue weighted by molar-refractivity contribution is 5.78. The normalized spacial score (nSPS) is 10.2. The second-order valence-electron chi connectivity index (χ2n) is 2.12. The number of aldehydes is 1. The van der Waals surface area contributed by atoms with Crippen LogP contribution >= 0.6 is 0 Å². The molecule has 0 atom stereocenters. The maximum atomic E-state index is 10.3. The molecule has 2 heterocycles. The number of aromatic nitrogens is 3. The molecule has 0 aliphatic heterocycles. The van der Waals surface area contributed by atoms with Crippen molar-refractivity contribution in [2.45, 2.75) is 0 Å². The molecule has 4 heteroatoms. The van der Waals surface area contributed by atoms with Gasteiger partial charge >= 0.3 is 0 Å². The fourth-order valence-corrected chi connectivity index (χ4v) is 0.906. The highest BCUT2D eigenvalue weighted by Crippen LogP contribution is 2.04. The number of hydrogen-bond acceptors (Lipinski definition) is 3. The van der Waals surface area contributed by atoms with Crippen LogP contribution < -0.4 is 0 Å². The number of carbonyl (C=O) groups excluding carboxylic acids is 1. The fraction of sp³-hybridized carbons (Fsp3) is 0. The number of carbonyl (C=O) groups is 1. The topological polar surface area (TPSA) is 58.6 Å². The molecule has 0 radical (unpaired) electrons. The summed E-state index contributed by atoms with van der Waals surface area (Å²) in [5.41, 5.74) is 1.84. The minimum Gasteiger partial charge on any atom is -0.329 e. The van der Waals surface area contributed by atoms with Crippen LogP contribution in [0.15, 0.2) is 18.5 Å². The minimum atomic E-state index is 0.418. The summed E-state index contributed by atoms with van der Waals surface area (Å²) in [6.45, 7) is 0. The van der Waals surface area contributed by atoms with Crippen LogP contribution in [0.4, 0.5) is 0 Å². The van der Waals surface area contributed by atoms with Crippen molar-refractivity contribution in [3.8, 4) is 0 Å². The average molecular weight is 147 g/mol. The summed E-state index contributed by atoms with van der Waals surface area (Å²) in [6.07, 6.45) is 2.26. The summed E-state index contributed by atoms with van der Waals surface area (Å²) in [5.74, 6) is 0. The lowest BCUT2D eigenvalue weighted by Gasteiger charge is -1.87. The monoisotopic (exact) mass is 147 g/mol. The predicted molar refractivity (Wildman–Crippen MR) is 39.3 cm³/mol. The molecule has 0 aliphatic rings. The minimum absolute atomic E-state index is 0.418. The molecule has 2 rings (SSSR count). The first-order valence-electron chi connectivity index (χ1n) is 3.15. The van der Waals surface area contributed by atoms with Gasteiger partial charge in [-0.3, -0.25) is 4.79 Å². The largest absolute Gasteiger partial charge is 0.329 e. The molecule has 11 heavy (non-hydrogen) atoms. The van der Waals surface area contributed by atoms with Gasteiger partial charge < -0.3 is 4.98 Å². The molecule has 0 saturated heterocycles. The second-order valence-corrected chi connectivity index (χ2v) is 2.12. The van der Waals surface area contributed by atoms with E-state index in [-0.39, 0.29) is 0 Å². The zero-order valence-electron chi connectivity index (χ0n) is 5.61. The molecule has 4 nitrogen and oxygen atoms in total. The zero-order valence-corrected chi connectivity index (χ0v) is 5.61. The van der Waals surface area contributed by atoms with Gasteiger partial charge in [0, 0.05) is 0 Å². The lowest BCUT2D eigenvalue weighted by Crippen LogP contribution is -1.85. The molecule has 0 saturated carbocycles. The third kappa shape index (κ3) is 0.881. The number of imidazole rings is 1. The first-order valence-corrected chi connectivity index (χ1v) is 3.15. The molecule has 2 aromatic rings. The van der Waals surface area contributed by atoms with E-state index in [1.54, 1.807) is 18.5 Å². The maximum Gasteiger partial charge on any atom is 0.168 e. The van der Waals surface area contributed by atoms with E-state index in [2.05, 4.69) is 15.0 Å². The van der Waals surface area contributed by atoms with Crippen LogP contribution in [-0.4, -0.2) is 21.2 Å². The van der Waals surface area contributed by atoms with Crippen LogP contribution in [0, 0.1) is 0 Å². The summed E-state index contributed by atoms with van der Waals surface area (Å²) in [5, 5.41) is 0. The van der Waals surface area contributed by atoms with Crippen molar-refractivity contribution < 1.29 is 4.79 Å². The third-order valence-corrected chi connectivity index (χ3v) is 1.42. The van der Waals surface area contributed by atoms with Gasteiger partial charge in [0.05, 0.1) is 6.33 Å². The van der Waals surface area contributed by atoms with Gasteiger partial charge in [0.15, 0.2) is 11.9 Å². The standard InChI is InChI=1S/C7H5N3O/c11-3-5-1-2-6-7(10-5)9-4-8-6/h1-4H,(H,8,9,10). The Kier molecular flexibility index (Phi) is 1.18. The number of rotatable bonds is 1. The molecule has 0 amide bonds. The predicted octanol–water partition coefficient (Wildman–Crippen LogP) is 0.770. The van der Waals surface area contributed by atoms with Crippen molar-refractivity contribution in [3.05, 3.63) is 24.2 Å². The Morgan fingerprint density at radius 2 is 2.36 bits per heavy atom. The Labute approximate surface area is 62.3 Å². The molecular formula is C7H5N3O. The Morgan fingerprint density at radius 3 is 3.18 bits per heavy atom. The van der Waals surface area contributed by atoms with Crippen LogP contribution in [-0.2, 0) is 0 Å². The van der Waals surface area contributed by atoms with Crippen molar-refractivity contribution in [1.29, 1.82) is 0 Å². The van der Waals surface area contributed by atoms with E-state index in [0.717, 1.165) is 5.52 Å². The summed E-state index contributed by atoms with van der Waals surface area (Å²) in [7, 11) is 0. The fourth-order valence-electron chi connectivity index (χ4n) is 0.906. The number of fused-ring (bicyclic) bond motifs is 1. The molecule has 0 fully saturated rings. The van der Waals surface area contributed by atoms with Crippen molar-refractivity contribution in [2.75, 3.05) is 0 Å². The Morgan fingerprint density at radius 1 is 1.45 bits per heavy atom. The SMILES string of the molecule is O=Cc1ccc2nc[nH]c2n1. The molecule has 1 N–H and O–H groups in total. The van der Waals surface area contributed by atoms with E-state index < -0.39 is 0 Å². The molecule has 0 bridgehead atoms. The Hall–Kier alpha value is -1.71. The Bertz CT molecular complexity index is 393. The molecule has 54 valence electrons. The van der Waals surface area contributed by atoms with Crippen molar-refractivity contribution >= 4 is 17.5 Å². The number of pyridine rings is 1. The highest BCUT2D eigenvalue weighted by atomic mass is 16.1. The van der Waals surface area contributed by atoms with Crippen molar-refractivity contribution in [3.63, 3.8) is 0 Å². The maximum absolute atomic E-state index is 10.3. The second kappa shape index (κ2) is 2.16. The first-order chi connectivity index (χ1) is 5.40. The molecular weight excluding hydrogens is 142 g/mol. The molecule has 0 unspecified atom stereocenters. The van der Waals surface area contributed by atoms with E-state index in [9.17, 15) is 4.79 Å². The van der Waals surface area contributed by atoms with Crippen LogP contribution in [0.1, 0.15) is 10.5 Å². The Balaban J connectivity index is 2.76. The summed E-state index contributed by atoms with van der Waals surface area (Å²) in [6, 6.07) is 3.39. The van der Waals surface area contributed by atoms with Crippen LogP contribution in [0.3, 0.4) is 0 Å². The van der Waals surface area contributed by atoms with E-state index >= 15 is 0 Å². The molecule has 0 spiro atoms. The van der Waals surface area contributed by atoms with Gasteiger partial charge in [-0.1, -0.05) is 0 Å². The molecule has 0 aliphatic carbocycles. The zero-order chi connectivity index (χ0) is 7.68. The number of H-pyrrole nitrogens is 1.